The van der Waals surface area contributed by atoms with Gasteiger partial charge in [0.1, 0.15) is 12.3 Å². The normalized spacial score (nSPS) is 10.4. The molecule has 0 aliphatic rings. The Balaban J connectivity index is 2.69. The molecule has 0 saturated carbocycles. The summed E-state index contributed by atoms with van der Waals surface area (Å²) in [5.74, 6) is -0.709. The molecule has 5 nitrogen and oxygen atoms in total. The minimum absolute atomic E-state index is 0.157. The molecule has 0 aliphatic carbocycles. The van der Waals surface area contributed by atoms with Crippen molar-refractivity contribution in [3.8, 4) is 5.75 Å². The molecule has 0 fully saturated rings. The number of ether oxygens (including phenoxy) is 1. The predicted octanol–water partition coefficient (Wildman–Crippen LogP) is 2.00. The summed E-state index contributed by atoms with van der Waals surface area (Å²) in [6, 6.07) is 5.57. The summed E-state index contributed by atoms with van der Waals surface area (Å²) in [5, 5.41) is 8.81. The maximum Gasteiger partial charge on any atom is 0.323 e. The van der Waals surface area contributed by atoms with E-state index < -0.39 is 5.97 Å². The van der Waals surface area contributed by atoms with E-state index in [0.29, 0.717) is 5.75 Å². The first-order chi connectivity index (χ1) is 9.31. The van der Waals surface area contributed by atoms with Crippen LogP contribution in [0, 0.1) is 13.8 Å². The van der Waals surface area contributed by atoms with Gasteiger partial charge in [-0.15, -0.1) is 0 Å². The lowest BCUT2D eigenvalue weighted by Gasteiger charge is -2.25. The van der Waals surface area contributed by atoms with Gasteiger partial charge in [0.2, 0.25) is 0 Å². The van der Waals surface area contributed by atoms with Crippen LogP contribution in [0.5, 0.6) is 5.75 Å². The van der Waals surface area contributed by atoms with Crippen molar-refractivity contribution < 1.29 is 19.4 Å². The van der Waals surface area contributed by atoms with Crippen molar-refractivity contribution in [1.29, 1.82) is 0 Å². The highest BCUT2D eigenvalue weighted by atomic mass is 16.5. The Morgan fingerprint density at radius 3 is 2.50 bits per heavy atom. The van der Waals surface area contributed by atoms with Gasteiger partial charge in [-0.1, -0.05) is 12.1 Å². The van der Waals surface area contributed by atoms with E-state index in [9.17, 15) is 9.59 Å². The lowest BCUT2D eigenvalue weighted by molar-refractivity contribution is -0.146. The molecule has 0 aliphatic heterocycles. The van der Waals surface area contributed by atoms with Crippen molar-refractivity contribution in [1.82, 2.24) is 4.90 Å². The smallest absolute Gasteiger partial charge is 0.323 e. The summed E-state index contributed by atoms with van der Waals surface area (Å²) in [6.45, 7) is 6.93. The molecular formula is C15H21NO4. The number of aryl methyl sites for hydroxylation is 2. The molecule has 0 heterocycles. The fourth-order valence-electron chi connectivity index (χ4n) is 1.79. The highest BCUT2D eigenvalue weighted by molar-refractivity contribution is 5.82. The van der Waals surface area contributed by atoms with Crippen molar-refractivity contribution in [2.75, 3.05) is 13.2 Å². The van der Waals surface area contributed by atoms with E-state index in [1.54, 1.807) is 13.8 Å². The number of carbonyl (C=O) groups excluding carboxylic acids is 1. The van der Waals surface area contributed by atoms with Gasteiger partial charge >= 0.3 is 5.97 Å². The second-order valence-corrected chi connectivity index (χ2v) is 5.07. The van der Waals surface area contributed by atoms with Crippen LogP contribution in [0.3, 0.4) is 0 Å². The van der Waals surface area contributed by atoms with Crippen molar-refractivity contribution in [3.05, 3.63) is 29.3 Å². The molecule has 0 atom stereocenters. The number of nitrogens with zero attached hydrogens (tertiary/aromatic N) is 1. The molecule has 110 valence electrons. The van der Waals surface area contributed by atoms with Gasteiger partial charge in [-0.25, -0.2) is 0 Å². The molecule has 1 amide bonds. The standard InChI is InChI=1S/C15H21NO4/c1-10(2)16(8-15(18)19)14(17)9-20-13-7-11(3)5-6-12(13)4/h5-7,10H,8-9H2,1-4H3,(H,18,19). The Morgan fingerprint density at radius 2 is 1.95 bits per heavy atom. The Kier molecular flexibility index (Phi) is 5.55. The number of hydrogen-bond acceptors (Lipinski definition) is 3. The average molecular weight is 279 g/mol. The first-order valence-electron chi connectivity index (χ1n) is 6.52. The van der Waals surface area contributed by atoms with E-state index in [2.05, 4.69) is 0 Å². The first-order valence-corrected chi connectivity index (χ1v) is 6.52. The van der Waals surface area contributed by atoms with E-state index in [1.807, 2.05) is 32.0 Å². The van der Waals surface area contributed by atoms with Crippen LogP contribution in [0.2, 0.25) is 0 Å². The van der Waals surface area contributed by atoms with Crippen molar-refractivity contribution in [3.63, 3.8) is 0 Å². The van der Waals surface area contributed by atoms with Crippen molar-refractivity contribution in [2.45, 2.75) is 33.7 Å². The zero-order chi connectivity index (χ0) is 15.3. The predicted molar refractivity (Wildman–Crippen MR) is 75.9 cm³/mol. The largest absolute Gasteiger partial charge is 0.483 e. The van der Waals surface area contributed by atoms with Gasteiger partial charge in [0.15, 0.2) is 6.61 Å². The molecular weight excluding hydrogens is 258 g/mol. The third-order valence-corrected chi connectivity index (χ3v) is 2.94. The molecule has 0 saturated heterocycles. The molecule has 0 unspecified atom stereocenters. The van der Waals surface area contributed by atoms with Crippen LogP contribution in [-0.2, 0) is 9.59 Å². The van der Waals surface area contributed by atoms with Crippen LogP contribution in [-0.4, -0.2) is 41.1 Å². The summed E-state index contributed by atoms with van der Waals surface area (Å²) >= 11 is 0. The Bertz CT molecular complexity index is 497. The number of hydrogen-bond donors (Lipinski definition) is 1. The summed E-state index contributed by atoms with van der Waals surface area (Å²) in [4.78, 5) is 24.1. The third kappa shape index (κ3) is 4.57. The minimum Gasteiger partial charge on any atom is -0.483 e. The second kappa shape index (κ2) is 6.93. The zero-order valence-corrected chi connectivity index (χ0v) is 12.3. The molecule has 1 aromatic rings. The molecule has 1 N–H and O–H groups in total. The quantitative estimate of drug-likeness (QED) is 0.865. The summed E-state index contributed by atoms with van der Waals surface area (Å²) < 4.78 is 5.51. The van der Waals surface area contributed by atoms with E-state index >= 15 is 0 Å². The Hall–Kier alpha value is -2.04. The molecule has 1 aromatic carbocycles. The van der Waals surface area contributed by atoms with Gasteiger partial charge in [-0.3, -0.25) is 9.59 Å². The average Bonchev–Trinajstić information content (AvgIpc) is 2.36. The number of benzene rings is 1. The van der Waals surface area contributed by atoms with Crippen LogP contribution >= 0.6 is 0 Å². The van der Waals surface area contributed by atoms with Gasteiger partial charge in [0.05, 0.1) is 0 Å². The molecule has 0 radical (unpaired) electrons. The van der Waals surface area contributed by atoms with Gasteiger partial charge < -0.3 is 14.7 Å². The second-order valence-electron chi connectivity index (χ2n) is 5.07. The number of carboxylic acid groups (broad SMARTS) is 1. The minimum atomic E-state index is -1.03. The molecule has 5 heteroatoms. The lowest BCUT2D eigenvalue weighted by Crippen LogP contribution is -2.43. The van der Waals surface area contributed by atoms with Crippen LogP contribution < -0.4 is 4.74 Å². The molecule has 0 aromatic heterocycles. The van der Waals surface area contributed by atoms with Crippen LogP contribution in [0.25, 0.3) is 0 Å². The van der Waals surface area contributed by atoms with Gasteiger partial charge in [0, 0.05) is 6.04 Å². The first kappa shape index (κ1) is 16.0. The molecule has 0 bridgehead atoms. The summed E-state index contributed by atoms with van der Waals surface area (Å²) in [5.41, 5.74) is 1.99. The highest BCUT2D eigenvalue weighted by Gasteiger charge is 2.20. The van der Waals surface area contributed by atoms with Gasteiger partial charge in [0.25, 0.3) is 5.91 Å². The number of carboxylic acids is 1. The van der Waals surface area contributed by atoms with Gasteiger partial charge in [-0.05, 0) is 44.9 Å². The van der Waals surface area contributed by atoms with Crippen molar-refractivity contribution in [2.24, 2.45) is 0 Å². The third-order valence-electron chi connectivity index (χ3n) is 2.94. The maximum absolute atomic E-state index is 12.0. The Labute approximate surface area is 119 Å². The summed E-state index contributed by atoms with van der Waals surface area (Å²) in [6.07, 6.45) is 0. The number of amides is 1. The molecule has 1 rings (SSSR count). The molecule has 0 spiro atoms. The van der Waals surface area contributed by atoms with E-state index in [1.165, 1.54) is 4.90 Å². The van der Waals surface area contributed by atoms with Crippen LogP contribution in [0.1, 0.15) is 25.0 Å². The monoisotopic (exact) mass is 279 g/mol. The fourth-order valence-corrected chi connectivity index (χ4v) is 1.79. The topological polar surface area (TPSA) is 66.8 Å². The number of aliphatic carboxylic acids is 1. The van der Waals surface area contributed by atoms with E-state index in [0.717, 1.165) is 11.1 Å². The zero-order valence-electron chi connectivity index (χ0n) is 12.3. The lowest BCUT2D eigenvalue weighted by atomic mass is 10.1. The van der Waals surface area contributed by atoms with Gasteiger partial charge in [-0.2, -0.15) is 0 Å². The van der Waals surface area contributed by atoms with E-state index in [4.69, 9.17) is 9.84 Å². The fraction of sp³-hybridized carbons (Fsp3) is 0.467. The number of rotatable bonds is 6. The molecule has 20 heavy (non-hydrogen) atoms. The highest BCUT2D eigenvalue weighted by Crippen LogP contribution is 2.19. The SMILES string of the molecule is Cc1ccc(C)c(OCC(=O)N(CC(=O)O)C(C)C)c1. The van der Waals surface area contributed by atoms with Crippen LogP contribution in [0.15, 0.2) is 18.2 Å². The number of carbonyl (C=O) groups is 2. The Morgan fingerprint density at radius 1 is 1.30 bits per heavy atom. The van der Waals surface area contributed by atoms with E-state index in [-0.39, 0.29) is 25.1 Å². The maximum atomic E-state index is 12.0. The summed E-state index contributed by atoms with van der Waals surface area (Å²) in [7, 11) is 0. The van der Waals surface area contributed by atoms with Crippen molar-refractivity contribution >= 4 is 11.9 Å². The van der Waals surface area contributed by atoms with Crippen LogP contribution in [0.4, 0.5) is 0 Å².